The van der Waals surface area contributed by atoms with Gasteiger partial charge in [0, 0.05) is 0 Å². The van der Waals surface area contributed by atoms with Crippen molar-refractivity contribution < 1.29 is 35.8 Å². The van der Waals surface area contributed by atoms with Gasteiger partial charge in [0.2, 0.25) is 11.9 Å². The predicted octanol–water partition coefficient (Wildman–Crippen LogP) is 8.42. The summed E-state index contributed by atoms with van der Waals surface area (Å²) >= 11 is 12.6. The molecule has 0 bridgehead atoms. The fourth-order valence-electron chi connectivity index (χ4n) is 6.35. The van der Waals surface area contributed by atoms with Crippen LogP contribution in [0.4, 0.5) is 46.3 Å². The van der Waals surface area contributed by atoms with E-state index in [4.69, 9.17) is 38.4 Å². The number of carbonyl (C=O) groups excluding carboxylic acids is 1. The highest BCUT2D eigenvalue weighted by Crippen LogP contribution is 2.34. The molecule has 22 heteroatoms. The van der Waals surface area contributed by atoms with Crippen LogP contribution in [0.1, 0.15) is 38.8 Å². The molecule has 0 aliphatic carbocycles. The quantitative estimate of drug-likeness (QED) is 0.0292. The topological polar surface area (TPSA) is 251 Å². The molecule has 2 heterocycles. The fraction of sp³-hybridized carbons (Fsp3) is 0.298. The van der Waals surface area contributed by atoms with Gasteiger partial charge in [0.25, 0.3) is 0 Å². The van der Waals surface area contributed by atoms with Crippen molar-refractivity contribution in [3.05, 3.63) is 118 Å². The minimum Gasteiger partial charge on any atom is -0.495 e. The summed E-state index contributed by atoms with van der Waals surface area (Å²) in [5.74, 6) is 1.88. The van der Waals surface area contributed by atoms with Crippen molar-refractivity contribution in [3.8, 4) is 11.5 Å². The van der Waals surface area contributed by atoms with E-state index >= 15 is 0 Å². The summed E-state index contributed by atoms with van der Waals surface area (Å²) in [5.41, 5.74) is 9.74. The number of carbonyl (C=O) groups is 1. The highest BCUT2D eigenvalue weighted by atomic mass is 35.5. The molecule has 4 aromatic carbocycles. The monoisotopic (exact) mass is 1020 g/mol. The van der Waals surface area contributed by atoms with E-state index in [1.54, 1.807) is 90.4 Å². The number of nitrogens with one attached hydrogen (secondary N) is 5. The third-order valence-corrected chi connectivity index (χ3v) is 15.1. The Labute approximate surface area is 413 Å². The van der Waals surface area contributed by atoms with Crippen LogP contribution < -0.4 is 41.8 Å². The summed E-state index contributed by atoms with van der Waals surface area (Å²) in [6.45, 7) is 7.76. The fourth-order valence-corrected chi connectivity index (χ4v) is 9.03. The van der Waals surface area contributed by atoms with E-state index in [2.05, 4.69) is 51.3 Å². The van der Waals surface area contributed by atoms with Crippen LogP contribution in [-0.2, 0) is 42.0 Å². The first-order valence-electron chi connectivity index (χ1n) is 21.5. The van der Waals surface area contributed by atoms with Gasteiger partial charge in [-0.25, -0.2) is 26.8 Å². The number of ether oxygens (including phenoxy) is 3. The lowest BCUT2D eigenvalue weighted by Gasteiger charge is -2.16. The van der Waals surface area contributed by atoms with Crippen LogP contribution in [0, 0.1) is 0 Å². The molecule has 6 rings (SSSR count). The summed E-state index contributed by atoms with van der Waals surface area (Å²) in [5, 5.41) is 14.7. The van der Waals surface area contributed by atoms with Crippen LogP contribution in [0.5, 0.6) is 11.5 Å². The zero-order valence-electron chi connectivity index (χ0n) is 39.1. The van der Waals surface area contributed by atoms with Crippen LogP contribution in [0.2, 0.25) is 10.0 Å². The SMILES string of the molecule is COC(=O)CNCCc1ccc(OC)c(Nc2ncc(Cl)c(Nc3ccccc3S(=O)(=O)C(C)C)n2)c1.COc1ccc(CCN)cc1Nc1ncc(Cl)c(Nc2ccccc2S(=O)(=O)C(C)C)n1. The second-order valence-corrected chi connectivity index (χ2v) is 21.3. The molecule has 368 valence electrons. The Hall–Kier alpha value is -6.29. The molecule has 0 saturated heterocycles. The maximum atomic E-state index is 12.8. The Kier molecular flexibility index (Phi) is 19.3. The van der Waals surface area contributed by atoms with Gasteiger partial charge >= 0.3 is 5.97 Å². The zero-order valence-corrected chi connectivity index (χ0v) is 42.3. The number of methoxy groups -OCH3 is 3. The Morgan fingerprint density at radius 1 is 0.623 bits per heavy atom. The third kappa shape index (κ3) is 14.4. The molecule has 0 amide bonds. The van der Waals surface area contributed by atoms with Crippen LogP contribution in [0.25, 0.3) is 0 Å². The van der Waals surface area contributed by atoms with Crippen molar-refractivity contribution in [2.45, 2.75) is 60.8 Å². The molecular formula is C47H56Cl2N10O8S2. The number of para-hydroxylation sites is 2. The van der Waals surface area contributed by atoms with Crippen molar-refractivity contribution in [2.24, 2.45) is 5.73 Å². The molecule has 0 aliphatic rings. The van der Waals surface area contributed by atoms with Crippen LogP contribution in [0.15, 0.2) is 107 Å². The van der Waals surface area contributed by atoms with Gasteiger partial charge in [0.05, 0.1) is 83.3 Å². The molecule has 7 N–H and O–H groups in total. The average Bonchev–Trinajstić information content (AvgIpc) is 3.33. The van der Waals surface area contributed by atoms with E-state index < -0.39 is 30.2 Å². The summed E-state index contributed by atoms with van der Waals surface area (Å²) < 4.78 is 66.7. The van der Waals surface area contributed by atoms with Gasteiger partial charge in [-0.1, -0.05) is 59.6 Å². The Morgan fingerprint density at radius 2 is 1.06 bits per heavy atom. The maximum Gasteiger partial charge on any atom is 0.319 e. The number of anilines is 8. The number of halogens is 2. The highest BCUT2D eigenvalue weighted by molar-refractivity contribution is 7.92. The van der Waals surface area contributed by atoms with E-state index in [1.807, 2.05) is 36.4 Å². The zero-order chi connectivity index (χ0) is 50.3. The number of sulfone groups is 2. The van der Waals surface area contributed by atoms with Crippen LogP contribution in [0.3, 0.4) is 0 Å². The maximum absolute atomic E-state index is 12.8. The lowest BCUT2D eigenvalue weighted by Crippen LogP contribution is -2.25. The number of nitrogens with two attached hydrogens (primary N) is 1. The smallest absolute Gasteiger partial charge is 0.319 e. The number of benzene rings is 4. The van der Waals surface area contributed by atoms with Crippen molar-refractivity contribution in [1.82, 2.24) is 25.3 Å². The van der Waals surface area contributed by atoms with E-state index in [-0.39, 0.29) is 55.9 Å². The molecule has 6 aromatic rings. The first kappa shape index (κ1) is 53.7. The van der Waals surface area contributed by atoms with Crippen LogP contribution in [-0.4, -0.2) is 94.2 Å². The molecule has 0 fully saturated rings. The molecule has 18 nitrogen and oxygen atoms in total. The third-order valence-electron chi connectivity index (χ3n) is 10.2. The number of rotatable bonds is 21. The van der Waals surface area contributed by atoms with Gasteiger partial charge in [-0.15, -0.1) is 0 Å². The molecule has 0 unspecified atom stereocenters. The largest absolute Gasteiger partial charge is 0.495 e. The summed E-state index contributed by atoms with van der Waals surface area (Å²) in [6, 6.07) is 24.6. The first-order valence-corrected chi connectivity index (χ1v) is 25.4. The lowest BCUT2D eigenvalue weighted by atomic mass is 10.1. The molecule has 0 atom stereocenters. The molecule has 0 spiro atoms. The summed E-state index contributed by atoms with van der Waals surface area (Å²) in [7, 11) is -2.58. The number of hydrogen-bond donors (Lipinski definition) is 6. The number of aromatic nitrogens is 4. The molecule has 0 saturated carbocycles. The Morgan fingerprint density at radius 3 is 1.46 bits per heavy atom. The van der Waals surface area contributed by atoms with Gasteiger partial charge < -0.3 is 46.5 Å². The van der Waals surface area contributed by atoms with E-state index in [0.717, 1.165) is 11.1 Å². The molecule has 0 aliphatic heterocycles. The Bertz CT molecular complexity index is 2950. The molecule has 0 radical (unpaired) electrons. The number of nitrogens with zero attached hydrogens (tertiary/aromatic N) is 4. The van der Waals surface area contributed by atoms with Crippen molar-refractivity contribution in [3.63, 3.8) is 0 Å². The standard InChI is InChI=1S/C25H30ClN5O5S.C22H26ClN5O3S/c1-16(2)37(33,34)22-8-6-5-7-19(22)29-24-18(26)14-28-25(31-24)30-20-13-17(9-10-21(20)35-3)11-12-27-15-23(32)36-4;1-14(2)32(29,30)20-7-5-4-6-17(20)26-21-16(23)13-25-22(28-21)27-18-12-15(10-11-24)8-9-19(18)31-3/h5-10,13-14,16,27H,11-12,15H2,1-4H3,(H2,28,29,30,31);4-9,12-14H,10-11,24H2,1-3H3,(H2,25,26,27,28). The summed E-state index contributed by atoms with van der Waals surface area (Å²) in [4.78, 5) is 29.0. The van der Waals surface area contributed by atoms with E-state index in [9.17, 15) is 21.6 Å². The van der Waals surface area contributed by atoms with Gasteiger partial charge in [-0.05, 0) is 113 Å². The lowest BCUT2D eigenvalue weighted by molar-refractivity contribution is -0.139. The van der Waals surface area contributed by atoms with Gasteiger partial charge in [-0.3, -0.25) is 4.79 Å². The Balaban J connectivity index is 0.000000260. The van der Waals surface area contributed by atoms with Crippen molar-refractivity contribution >= 4 is 95.1 Å². The molecule has 69 heavy (non-hydrogen) atoms. The minimum absolute atomic E-state index is 0.133. The van der Waals surface area contributed by atoms with Crippen molar-refractivity contribution in [1.29, 1.82) is 0 Å². The van der Waals surface area contributed by atoms with E-state index in [0.29, 0.717) is 60.2 Å². The van der Waals surface area contributed by atoms with Gasteiger partial charge in [-0.2, -0.15) is 9.97 Å². The first-order chi connectivity index (χ1) is 32.9. The second kappa shape index (κ2) is 24.8. The second-order valence-electron chi connectivity index (χ2n) is 15.6. The predicted molar refractivity (Wildman–Crippen MR) is 272 cm³/mol. The average molecular weight is 1020 g/mol. The van der Waals surface area contributed by atoms with Gasteiger partial charge in [0.15, 0.2) is 31.3 Å². The van der Waals surface area contributed by atoms with E-state index in [1.165, 1.54) is 19.5 Å². The normalized spacial score (nSPS) is 11.4. The molecule has 2 aromatic heterocycles. The molecular weight excluding hydrogens is 968 g/mol. The number of esters is 1. The van der Waals surface area contributed by atoms with Gasteiger partial charge in [0.1, 0.15) is 21.5 Å². The minimum atomic E-state index is -3.54. The van der Waals surface area contributed by atoms with Crippen LogP contribution >= 0.6 is 23.2 Å². The number of hydrogen-bond acceptors (Lipinski definition) is 18. The summed E-state index contributed by atoms with van der Waals surface area (Å²) in [6.07, 6.45) is 4.24. The van der Waals surface area contributed by atoms with Crippen molar-refractivity contribution in [2.75, 3.05) is 62.2 Å². The highest BCUT2D eigenvalue weighted by Gasteiger charge is 2.25.